The van der Waals surface area contributed by atoms with Crippen molar-refractivity contribution < 1.29 is 4.79 Å². The average molecular weight is 339 g/mol. The molecule has 1 aromatic rings. The zero-order valence-electron chi connectivity index (χ0n) is 14.8. The molecule has 2 amide bonds. The van der Waals surface area contributed by atoms with Crippen LogP contribution in [0.1, 0.15) is 16.7 Å². The molecule has 23 heavy (non-hydrogen) atoms. The Balaban J connectivity index is 1.66. The van der Waals surface area contributed by atoms with Gasteiger partial charge in [0.1, 0.15) is 0 Å². The molecule has 5 nitrogen and oxygen atoms in total. The Morgan fingerprint density at radius 2 is 2.04 bits per heavy atom. The number of amides is 2. The van der Waals surface area contributed by atoms with Crippen molar-refractivity contribution in [3.05, 3.63) is 21.9 Å². The summed E-state index contributed by atoms with van der Waals surface area (Å²) >= 11 is 1.75. The first-order valence-corrected chi connectivity index (χ1v) is 9.21. The Hall–Kier alpha value is -1.11. The molecule has 0 aromatic carbocycles. The molecule has 0 radical (unpaired) electrons. The molecule has 2 heterocycles. The van der Waals surface area contributed by atoms with Crippen LogP contribution in [0.4, 0.5) is 4.79 Å². The van der Waals surface area contributed by atoms with Crippen LogP contribution in [0.2, 0.25) is 0 Å². The predicted octanol–water partition coefficient (Wildman–Crippen LogP) is 2.08. The van der Waals surface area contributed by atoms with Gasteiger partial charge in [-0.3, -0.25) is 0 Å². The Labute approximate surface area is 144 Å². The number of rotatable bonds is 6. The lowest BCUT2D eigenvalue weighted by Crippen LogP contribution is -2.47. The van der Waals surface area contributed by atoms with Gasteiger partial charge in [0.25, 0.3) is 0 Å². The third-order valence-corrected chi connectivity index (χ3v) is 5.29. The van der Waals surface area contributed by atoms with Crippen molar-refractivity contribution in [3.63, 3.8) is 0 Å². The van der Waals surface area contributed by atoms with E-state index in [1.54, 1.807) is 16.2 Å². The maximum Gasteiger partial charge on any atom is 0.317 e. The summed E-state index contributed by atoms with van der Waals surface area (Å²) in [7, 11) is 4.03. The lowest BCUT2D eigenvalue weighted by molar-refractivity contribution is 0.138. The highest BCUT2D eigenvalue weighted by Crippen LogP contribution is 2.16. The van der Waals surface area contributed by atoms with Gasteiger partial charge in [-0.05, 0) is 32.0 Å². The molecule has 130 valence electrons. The van der Waals surface area contributed by atoms with E-state index in [0.717, 1.165) is 39.3 Å². The number of likely N-dealkylation sites (N-methyl/N-ethyl adjacent to an activating group) is 1. The lowest BCUT2D eigenvalue weighted by Gasteiger charge is -2.34. The van der Waals surface area contributed by atoms with E-state index in [9.17, 15) is 4.79 Å². The minimum Gasteiger partial charge on any atom is -0.338 e. The van der Waals surface area contributed by atoms with Crippen molar-refractivity contribution in [2.75, 3.05) is 53.4 Å². The Morgan fingerprint density at radius 1 is 1.35 bits per heavy atom. The number of carbonyl (C=O) groups is 1. The van der Waals surface area contributed by atoms with Crippen LogP contribution in [-0.2, 0) is 6.54 Å². The van der Waals surface area contributed by atoms with E-state index >= 15 is 0 Å². The summed E-state index contributed by atoms with van der Waals surface area (Å²) in [5.74, 6) is 0.472. The number of hydrogen-bond acceptors (Lipinski definition) is 4. The van der Waals surface area contributed by atoms with Gasteiger partial charge in [0.15, 0.2) is 0 Å². The summed E-state index contributed by atoms with van der Waals surface area (Å²) in [6.07, 6.45) is 0. The first-order chi connectivity index (χ1) is 10.9. The molecule has 1 aliphatic heterocycles. The molecule has 0 saturated carbocycles. The molecule has 1 N–H and O–H groups in total. The maximum absolute atomic E-state index is 12.2. The van der Waals surface area contributed by atoms with E-state index in [1.165, 1.54) is 9.75 Å². The molecule has 1 aliphatic rings. The zero-order chi connectivity index (χ0) is 16.8. The van der Waals surface area contributed by atoms with E-state index in [4.69, 9.17) is 0 Å². The largest absolute Gasteiger partial charge is 0.338 e. The van der Waals surface area contributed by atoms with Gasteiger partial charge >= 0.3 is 6.03 Å². The Bertz CT molecular complexity index is 497. The number of piperazine rings is 1. The SMILES string of the molecule is Cc1ccc(CN(C)C(=O)NC[C@H](C)CN2CCN(C)CC2)s1. The number of thiophene rings is 1. The van der Waals surface area contributed by atoms with Crippen molar-refractivity contribution >= 4 is 17.4 Å². The van der Waals surface area contributed by atoms with Crippen LogP contribution in [0.3, 0.4) is 0 Å². The molecule has 0 spiro atoms. The first kappa shape index (κ1) is 18.2. The van der Waals surface area contributed by atoms with Gasteiger partial charge in [0, 0.05) is 56.1 Å². The molecule has 6 heteroatoms. The summed E-state index contributed by atoms with van der Waals surface area (Å²) in [6.45, 7) is 11.3. The van der Waals surface area contributed by atoms with Gasteiger partial charge in [0.2, 0.25) is 0 Å². The van der Waals surface area contributed by atoms with Crippen LogP contribution in [0.5, 0.6) is 0 Å². The third kappa shape index (κ3) is 6.12. The van der Waals surface area contributed by atoms with Gasteiger partial charge in [-0.15, -0.1) is 11.3 Å². The summed E-state index contributed by atoms with van der Waals surface area (Å²) in [4.78, 5) is 21.3. The van der Waals surface area contributed by atoms with Crippen molar-refractivity contribution in [2.24, 2.45) is 5.92 Å². The minimum atomic E-state index is 0.0151. The number of nitrogens with zero attached hydrogens (tertiary/aromatic N) is 3. The lowest BCUT2D eigenvalue weighted by atomic mass is 10.1. The molecule has 0 aliphatic carbocycles. The highest BCUT2D eigenvalue weighted by molar-refractivity contribution is 7.11. The number of aryl methyl sites for hydroxylation is 1. The third-order valence-electron chi connectivity index (χ3n) is 4.30. The molecule has 0 bridgehead atoms. The van der Waals surface area contributed by atoms with E-state index in [0.29, 0.717) is 12.5 Å². The second kappa shape index (κ2) is 8.66. The van der Waals surface area contributed by atoms with Gasteiger partial charge in [0.05, 0.1) is 6.54 Å². The standard InChI is InChI=1S/C17H30N4OS/c1-14(12-21-9-7-19(3)8-10-21)11-18-17(22)20(4)13-16-6-5-15(2)23-16/h5-6,14H,7-13H2,1-4H3,(H,18,22)/t14-/m0/s1. The van der Waals surface area contributed by atoms with Crippen LogP contribution < -0.4 is 5.32 Å². The van der Waals surface area contributed by atoms with Gasteiger partial charge in [-0.2, -0.15) is 0 Å². The molecule has 1 saturated heterocycles. The predicted molar refractivity (Wildman–Crippen MR) is 97.0 cm³/mol. The Morgan fingerprint density at radius 3 is 2.65 bits per heavy atom. The van der Waals surface area contributed by atoms with E-state index in [2.05, 4.69) is 48.1 Å². The second-order valence-electron chi connectivity index (χ2n) is 6.76. The summed E-state index contributed by atoms with van der Waals surface area (Å²) in [5, 5.41) is 3.06. The van der Waals surface area contributed by atoms with Crippen LogP contribution >= 0.6 is 11.3 Å². The maximum atomic E-state index is 12.2. The monoisotopic (exact) mass is 338 g/mol. The molecule has 1 fully saturated rings. The van der Waals surface area contributed by atoms with Gasteiger partial charge in [-0.1, -0.05) is 6.92 Å². The van der Waals surface area contributed by atoms with E-state index < -0.39 is 0 Å². The fraction of sp³-hybridized carbons (Fsp3) is 0.706. The fourth-order valence-corrected chi connectivity index (χ4v) is 3.75. The zero-order valence-corrected chi connectivity index (χ0v) is 15.7. The molecular formula is C17H30N4OS. The molecular weight excluding hydrogens is 308 g/mol. The highest BCUT2D eigenvalue weighted by Gasteiger charge is 2.17. The molecule has 1 atom stereocenters. The topological polar surface area (TPSA) is 38.8 Å². The number of urea groups is 1. The summed E-state index contributed by atoms with van der Waals surface area (Å²) in [6, 6.07) is 4.21. The van der Waals surface area contributed by atoms with Gasteiger partial charge < -0.3 is 20.0 Å². The van der Waals surface area contributed by atoms with E-state index in [-0.39, 0.29) is 6.03 Å². The normalized spacial score (nSPS) is 17.9. The van der Waals surface area contributed by atoms with Crippen LogP contribution in [0, 0.1) is 12.8 Å². The number of carbonyl (C=O) groups excluding carboxylic acids is 1. The van der Waals surface area contributed by atoms with Crippen LogP contribution in [-0.4, -0.2) is 74.1 Å². The van der Waals surface area contributed by atoms with Crippen molar-refractivity contribution in [3.8, 4) is 0 Å². The van der Waals surface area contributed by atoms with Crippen molar-refractivity contribution in [2.45, 2.75) is 20.4 Å². The smallest absolute Gasteiger partial charge is 0.317 e. The molecule has 1 aromatic heterocycles. The van der Waals surface area contributed by atoms with Crippen molar-refractivity contribution in [1.29, 1.82) is 0 Å². The van der Waals surface area contributed by atoms with Gasteiger partial charge in [-0.25, -0.2) is 4.79 Å². The van der Waals surface area contributed by atoms with Crippen LogP contribution in [0.15, 0.2) is 12.1 Å². The van der Waals surface area contributed by atoms with Crippen LogP contribution in [0.25, 0.3) is 0 Å². The summed E-state index contributed by atoms with van der Waals surface area (Å²) in [5.41, 5.74) is 0. The quantitative estimate of drug-likeness (QED) is 0.863. The summed E-state index contributed by atoms with van der Waals surface area (Å²) < 4.78 is 0. The highest BCUT2D eigenvalue weighted by atomic mass is 32.1. The molecule has 2 rings (SSSR count). The Kier molecular flexibility index (Phi) is 6.87. The molecule has 0 unspecified atom stereocenters. The number of hydrogen-bond donors (Lipinski definition) is 1. The first-order valence-electron chi connectivity index (χ1n) is 8.39. The second-order valence-corrected chi connectivity index (χ2v) is 8.14. The van der Waals surface area contributed by atoms with Crippen molar-refractivity contribution in [1.82, 2.24) is 20.0 Å². The van der Waals surface area contributed by atoms with E-state index in [1.807, 2.05) is 7.05 Å². The number of nitrogens with one attached hydrogen (secondary N) is 1. The minimum absolute atomic E-state index is 0.0151. The fourth-order valence-electron chi connectivity index (χ4n) is 2.81. The average Bonchev–Trinajstić information content (AvgIpc) is 2.92.